The number of rotatable bonds is 4. The van der Waals surface area contributed by atoms with Crippen LogP contribution >= 0.6 is 11.3 Å². The first kappa shape index (κ1) is 14.1. The van der Waals surface area contributed by atoms with Crippen LogP contribution < -0.4 is 0 Å². The van der Waals surface area contributed by atoms with Gasteiger partial charge < -0.3 is 4.90 Å². The lowest BCUT2D eigenvalue weighted by Gasteiger charge is -2.22. The van der Waals surface area contributed by atoms with Gasteiger partial charge in [0.25, 0.3) is 0 Å². The predicted molar refractivity (Wildman–Crippen MR) is 83.0 cm³/mol. The SMILES string of the molecule is CC1CN(C(=O)CCc2ccsc2)CCN(C2CC2)C1. The van der Waals surface area contributed by atoms with Crippen LogP contribution in [0.25, 0.3) is 0 Å². The molecule has 3 rings (SSSR count). The predicted octanol–water partition coefficient (Wildman–Crippen LogP) is 2.62. The Balaban J connectivity index is 1.51. The van der Waals surface area contributed by atoms with Crippen molar-refractivity contribution < 1.29 is 4.79 Å². The Kier molecular flexibility index (Phi) is 4.41. The minimum absolute atomic E-state index is 0.334. The second-order valence-electron chi connectivity index (χ2n) is 6.30. The normalized spacial score (nSPS) is 24.6. The monoisotopic (exact) mass is 292 g/mol. The van der Waals surface area contributed by atoms with Crippen molar-refractivity contribution >= 4 is 17.2 Å². The molecule has 1 saturated heterocycles. The lowest BCUT2D eigenvalue weighted by atomic mass is 10.1. The first-order valence-corrected chi connectivity index (χ1v) is 8.69. The van der Waals surface area contributed by atoms with E-state index in [0.29, 0.717) is 18.2 Å². The van der Waals surface area contributed by atoms with E-state index < -0.39 is 0 Å². The number of carbonyl (C=O) groups excluding carboxylic acids is 1. The second kappa shape index (κ2) is 6.27. The van der Waals surface area contributed by atoms with Crippen LogP contribution in [-0.4, -0.2) is 47.9 Å². The third-order valence-corrected chi connectivity index (χ3v) is 5.09. The minimum atomic E-state index is 0.334. The Morgan fingerprint density at radius 1 is 1.35 bits per heavy atom. The van der Waals surface area contributed by atoms with Crippen molar-refractivity contribution in [2.24, 2.45) is 5.92 Å². The first-order chi connectivity index (χ1) is 9.72. The van der Waals surface area contributed by atoms with E-state index in [4.69, 9.17) is 0 Å². The van der Waals surface area contributed by atoms with Gasteiger partial charge in [-0.25, -0.2) is 0 Å². The standard InChI is InChI=1S/C16H24N2OS/c1-13-10-17(15-3-4-15)7-8-18(11-13)16(19)5-2-14-6-9-20-12-14/h6,9,12-13,15H,2-5,7-8,10-11H2,1H3. The molecule has 110 valence electrons. The number of thiophene rings is 1. The number of amides is 1. The van der Waals surface area contributed by atoms with Crippen LogP contribution in [0.5, 0.6) is 0 Å². The van der Waals surface area contributed by atoms with E-state index in [9.17, 15) is 4.79 Å². The average molecular weight is 292 g/mol. The van der Waals surface area contributed by atoms with E-state index in [2.05, 4.69) is 33.6 Å². The number of nitrogens with zero attached hydrogens (tertiary/aromatic N) is 2. The van der Waals surface area contributed by atoms with Crippen molar-refractivity contribution in [2.75, 3.05) is 26.2 Å². The molecular weight excluding hydrogens is 268 g/mol. The zero-order valence-corrected chi connectivity index (χ0v) is 13.1. The molecule has 1 aromatic rings. The van der Waals surface area contributed by atoms with Gasteiger partial charge in [0.1, 0.15) is 0 Å². The number of hydrogen-bond acceptors (Lipinski definition) is 3. The van der Waals surface area contributed by atoms with Gasteiger partial charge in [-0.2, -0.15) is 11.3 Å². The van der Waals surface area contributed by atoms with Crippen molar-refractivity contribution in [3.05, 3.63) is 22.4 Å². The molecule has 1 aromatic heterocycles. The third kappa shape index (κ3) is 3.61. The van der Waals surface area contributed by atoms with Gasteiger partial charge in [-0.05, 0) is 47.6 Å². The molecular formula is C16H24N2OS. The molecule has 1 amide bonds. The first-order valence-electron chi connectivity index (χ1n) is 7.75. The molecule has 4 heteroatoms. The van der Waals surface area contributed by atoms with Crippen molar-refractivity contribution in [2.45, 2.75) is 38.6 Å². The van der Waals surface area contributed by atoms with Crippen LogP contribution in [0.2, 0.25) is 0 Å². The highest BCUT2D eigenvalue weighted by Crippen LogP contribution is 2.28. The quantitative estimate of drug-likeness (QED) is 0.852. The smallest absolute Gasteiger partial charge is 0.222 e. The summed E-state index contributed by atoms with van der Waals surface area (Å²) in [4.78, 5) is 17.1. The molecule has 1 saturated carbocycles. The molecule has 0 bridgehead atoms. The summed E-state index contributed by atoms with van der Waals surface area (Å²) >= 11 is 1.71. The van der Waals surface area contributed by atoms with Crippen LogP contribution in [0, 0.1) is 5.92 Å². The maximum absolute atomic E-state index is 12.4. The van der Waals surface area contributed by atoms with E-state index in [-0.39, 0.29) is 0 Å². The van der Waals surface area contributed by atoms with E-state index in [1.165, 1.54) is 24.9 Å². The minimum Gasteiger partial charge on any atom is -0.341 e. The summed E-state index contributed by atoms with van der Waals surface area (Å²) in [6, 6.07) is 2.94. The number of hydrogen-bond donors (Lipinski definition) is 0. The topological polar surface area (TPSA) is 23.6 Å². The Morgan fingerprint density at radius 2 is 2.20 bits per heavy atom. The Bertz CT molecular complexity index is 441. The summed E-state index contributed by atoms with van der Waals surface area (Å²) in [5.74, 6) is 0.934. The van der Waals surface area contributed by atoms with Crippen LogP contribution in [0.15, 0.2) is 16.8 Å². The maximum Gasteiger partial charge on any atom is 0.222 e. The van der Waals surface area contributed by atoms with Gasteiger partial charge in [0.2, 0.25) is 5.91 Å². The molecule has 1 atom stereocenters. The molecule has 2 aliphatic rings. The van der Waals surface area contributed by atoms with Gasteiger partial charge >= 0.3 is 0 Å². The molecule has 1 unspecified atom stereocenters. The van der Waals surface area contributed by atoms with Crippen molar-refractivity contribution in [1.29, 1.82) is 0 Å². The van der Waals surface area contributed by atoms with E-state index in [0.717, 1.165) is 32.1 Å². The summed E-state index contributed by atoms with van der Waals surface area (Å²) in [5, 5.41) is 4.23. The molecule has 20 heavy (non-hydrogen) atoms. The van der Waals surface area contributed by atoms with Crippen LogP contribution in [0.4, 0.5) is 0 Å². The zero-order valence-electron chi connectivity index (χ0n) is 12.3. The fraction of sp³-hybridized carbons (Fsp3) is 0.688. The van der Waals surface area contributed by atoms with Crippen molar-refractivity contribution in [1.82, 2.24) is 9.80 Å². The van der Waals surface area contributed by atoms with Gasteiger partial charge in [-0.15, -0.1) is 0 Å². The zero-order chi connectivity index (χ0) is 13.9. The molecule has 1 aliphatic carbocycles. The molecule has 0 aromatic carbocycles. The third-order valence-electron chi connectivity index (χ3n) is 4.36. The highest BCUT2D eigenvalue weighted by Gasteiger charge is 2.32. The van der Waals surface area contributed by atoms with E-state index >= 15 is 0 Å². The molecule has 1 aliphatic heterocycles. The summed E-state index contributed by atoms with van der Waals surface area (Å²) in [6.45, 7) is 6.37. The Hall–Kier alpha value is -0.870. The average Bonchev–Trinajstić information content (AvgIpc) is 3.18. The fourth-order valence-electron chi connectivity index (χ4n) is 3.11. The highest BCUT2D eigenvalue weighted by molar-refractivity contribution is 7.07. The molecule has 3 nitrogen and oxygen atoms in total. The van der Waals surface area contributed by atoms with Gasteiger partial charge in [0.15, 0.2) is 0 Å². The summed E-state index contributed by atoms with van der Waals surface area (Å²) < 4.78 is 0. The Morgan fingerprint density at radius 3 is 2.90 bits per heavy atom. The van der Waals surface area contributed by atoms with Crippen molar-refractivity contribution in [3.8, 4) is 0 Å². The number of carbonyl (C=O) groups is 1. The lowest BCUT2D eigenvalue weighted by molar-refractivity contribution is -0.131. The van der Waals surface area contributed by atoms with Crippen LogP contribution in [0.1, 0.15) is 31.7 Å². The summed E-state index contributed by atoms with van der Waals surface area (Å²) in [5.41, 5.74) is 1.30. The van der Waals surface area contributed by atoms with E-state index in [1.54, 1.807) is 11.3 Å². The largest absolute Gasteiger partial charge is 0.341 e. The Labute approximate surface area is 125 Å². The van der Waals surface area contributed by atoms with Gasteiger partial charge in [-0.1, -0.05) is 6.92 Å². The highest BCUT2D eigenvalue weighted by atomic mass is 32.1. The maximum atomic E-state index is 12.4. The lowest BCUT2D eigenvalue weighted by Crippen LogP contribution is -2.36. The molecule has 0 N–H and O–H groups in total. The second-order valence-corrected chi connectivity index (χ2v) is 7.08. The van der Waals surface area contributed by atoms with Crippen LogP contribution in [0.3, 0.4) is 0 Å². The summed E-state index contributed by atoms with van der Waals surface area (Å²) in [7, 11) is 0. The van der Waals surface area contributed by atoms with Gasteiger partial charge in [-0.3, -0.25) is 9.69 Å². The molecule has 2 heterocycles. The number of aryl methyl sites for hydroxylation is 1. The molecule has 0 spiro atoms. The van der Waals surface area contributed by atoms with Crippen LogP contribution in [-0.2, 0) is 11.2 Å². The van der Waals surface area contributed by atoms with Gasteiger partial charge in [0, 0.05) is 38.6 Å². The van der Waals surface area contributed by atoms with Gasteiger partial charge in [0.05, 0.1) is 0 Å². The summed E-state index contributed by atoms with van der Waals surface area (Å²) in [6.07, 6.45) is 4.27. The molecule has 2 fully saturated rings. The van der Waals surface area contributed by atoms with E-state index in [1.807, 2.05) is 0 Å². The molecule has 0 radical (unpaired) electrons. The van der Waals surface area contributed by atoms with Crippen molar-refractivity contribution in [3.63, 3.8) is 0 Å². The fourth-order valence-corrected chi connectivity index (χ4v) is 3.81.